The minimum absolute atomic E-state index is 0. The van der Waals surface area contributed by atoms with Gasteiger partial charge in [-0.15, -0.1) is 24.0 Å². The number of nitrogens with one attached hydrogen (secondary N) is 2. The number of hydrogen-bond donors (Lipinski definition) is 2. The molecule has 28 heavy (non-hydrogen) atoms. The molecule has 0 aromatic heterocycles. The maximum atomic E-state index is 5.88. The summed E-state index contributed by atoms with van der Waals surface area (Å²) in [4.78, 5) is 4.27. The second-order valence-electron chi connectivity index (χ2n) is 6.77. The third-order valence-electron chi connectivity index (χ3n) is 4.70. The SMILES string of the molecule is CN=C(NCCCCc1ccc(OC)cc1)NCCCOC1CCOCC1.I. The maximum absolute atomic E-state index is 5.88. The van der Waals surface area contributed by atoms with Crippen LogP contribution in [0.5, 0.6) is 5.75 Å². The lowest BCUT2D eigenvalue weighted by Gasteiger charge is -2.22. The molecule has 1 heterocycles. The molecule has 7 heteroatoms. The predicted molar refractivity (Wildman–Crippen MR) is 125 cm³/mol. The van der Waals surface area contributed by atoms with E-state index in [2.05, 4.69) is 27.8 Å². The van der Waals surface area contributed by atoms with E-state index in [0.717, 1.165) is 83.1 Å². The molecular weight excluding hydrogens is 469 g/mol. The van der Waals surface area contributed by atoms with E-state index >= 15 is 0 Å². The van der Waals surface area contributed by atoms with Crippen molar-refractivity contribution in [3.63, 3.8) is 0 Å². The van der Waals surface area contributed by atoms with Crippen LogP contribution in [-0.4, -0.2) is 59.1 Å². The first kappa shape index (κ1) is 25.0. The minimum Gasteiger partial charge on any atom is -0.497 e. The number of methoxy groups -OCH3 is 1. The summed E-state index contributed by atoms with van der Waals surface area (Å²) in [5.74, 6) is 1.78. The third-order valence-corrected chi connectivity index (χ3v) is 4.70. The molecule has 1 saturated heterocycles. The van der Waals surface area contributed by atoms with E-state index in [1.807, 2.05) is 19.2 Å². The second kappa shape index (κ2) is 15.8. The highest BCUT2D eigenvalue weighted by Gasteiger charge is 2.13. The van der Waals surface area contributed by atoms with E-state index in [9.17, 15) is 0 Å². The van der Waals surface area contributed by atoms with E-state index in [-0.39, 0.29) is 24.0 Å². The summed E-state index contributed by atoms with van der Waals surface area (Å²) in [6, 6.07) is 8.31. The van der Waals surface area contributed by atoms with Crippen LogP contribution in [0.25, 0.3) is 0 Å². The Balaban J connectivity index is 0.00000392. The third kappa shape index (κ3) is 10.5. The number of unbranched alkanes of at least 4 members (excludes halogenated alkanes) is 1. The molecule has 0 spiro atoms. The smallest absolute Gasteiger partial charge is 0.190 e. The maximum Gasteiger partial charge on any atom is 0.190 e. The zero-order valence-corrected chi connectivity index (χ0v) is 19.6. The summed E-state index contributed by atoms with van der Waals surface area (Å²) in [5.41, 5.74) is 1.35. The average Bonchev–Trinajstić information content (AvgIpc) is 2.73. The van der Waals surface area contributed by atoms with Crippen molar-refractivity contribution in [3.05, 3.63) is 29.8 Å². The van der Waals surface area contributed by atoms with Crippen LogP contribution < -0.4 is 15.4 Å². The van der Waals surface area contributed by atoms with E-state index in [1.165, 1.54) is 5.56 Å². The lowest BCUT2D eigenvalue weighted by molar-refractivity contribution is -0.0320. The van der Waals surface area contributed by atoms with Crippen molar-refractivity contribution in [1.29, 1.82) is 0 Å². The number of halogens is 1. The number of guanidine groups is 1. The average molecular weight is 505 g/mol. The fraction of sp³-hybridized carbons (Fsp3) is 0.667. The quantitative estimate of drug-likeness (QED) is 0.209. The Morgan fingerprint density at radius 1 is 1.07 bits per heavy atom. The Bertz CT molecular complexity index is 534. The molecule has 1 aromatic carbocycles. The molecule has 0 amide bonds. The first-order chi connectivity index (χ1) is 13.3. The largest absolute Gasteiger partial charge is 0.497 e. The summed E-state index contributed by atoms with van der Waals surface area (Å²) in [6.07, 6.45) is 6.74. The molecule has 0 radical (unpaired) electrons. The van der Waals surface area contributed by atoms with Crippen molar-refractivity contribution in [1.82, 2.24) is 10.6 Å². The summed E-state index contributed by atoms with van der Waals surface area (Å²) in [7, 11) is 3.51. The number of aliphatic imine (C=N–C) groups is 1. The molecule has 0 atom stereocenters. The van der Waals surface area contributed by atoms with Gasteiger partial charge >= 0.3 is 0 Å². The van der Waals surface area contributed by atoms with Gasteiger partial charge in [-0.25, -0.2) is 0 Å². The van der Waals surface area contributed by atoms with Gasteiger partial charge in [-0.2, -0.15) is 0 Å². The Kier molecular flexibility index (Phi) is 14.1. The Labute approximate surface area is 186 Å². The lowest BCUT2D eigenvalue weighted by Crippen LogP contribution is -2.38. The van der Waals surface area contributed by atoms with Gasteiger partial charge in [0, 0.05) is 40.0 Å². The fourth-order valence-electron chi connectivity index (χ4n) is 3.05. The van der Waals surface area contributed by atoms with Crippen LogP contribution in [-0.2, 0) is 15.9 Å². The van der Waals surface area contributed by atoms with Crippen LogP contribution in [0.1, 0.15) is 37.7 Å². The van der Waals surface area contributed by atoms with E-state index in [0.29, 0.717) is 6.10 Å². The molecule has 2 N–H and O–H groups in total. The standard InChI is InChI=1S/C21H35N3O3.HI/c1-22-21(24-14-5-15-27-20-11-16-26-17-12-20)23-13-4-3-6-18-7-9-19(25-2)10-8-18;/h7-10,20H,3-6,11-17H2,1-2H3,(H2,22,23,24);1H. The number of nitrogens with zero attached hydrogens (tertiary/aromatic N) is 1. The molecule has 6 nitrogen and oxygen atoms in total. The van der Waals surface area contributed by atoms with Crippen LogP contribution in [0.2, 0.25) is 0 Å². The van der Waals surface area contributed by atoms with Crippen molar-refractivity contribution in [2.45, 2.75) is 44.6 Å². The second-order valence-corrected chi connectivity index (χ2v) is 6.77. The van der Waals surface area contributed by atoms with Gasteiger partial charge in [-0.05, 0) is 56.2 Å². The van der Waals surface area contributed by atoms with Crippen molar-refractivity contribution < 1.29 is 14.2 Å². The van der Waals surface area contributed by atoms with Crippen LogP contribution in [0.15, 0.2) is 29.3 Å². The number of hydrogen-bond acceptors (Lipinski definition) is 4. The highest BCUT2D eigenvalue weighted by atomic mass is 127. The molecular formula is C21H36IN3O3. The predicted octanol–water partition coefficient (Wildman–Crippen LogP) is 3.39. The number of aryl methyl sites for hydroxylation is 1. The number of rotatable bonds is 11. The summed E-state index contributed by atoms with van der Waals surface area (Å²) >= 11 is 0. The van der Waals surface area contributed by atoms with Gasteiger partial charge in [0.2, 0.25) is 0 Å². The molecule has 1 aromatic rings. The Morgan fingerprint density at radius 3 is 2.39 bits per heavy atom. The van der Waals surface area contributed by atoms with Crippen molar-refractivity contribution in [2.75, 3.05) is 47.1 Å². The van der Waals surface area contributed by atoms with Gasteiger partial charge in [-0.1, -0.05) is 12.1 Å². The topological polar surface area (TPSA) is 64.1 Å². The first-order valence-corrected chi connectivity index (χ1v) is 10.1. The summed E-state index contributed by atoms with van der Waals surface area (Å²) in [6.45, 7) is 4.25. The highest BCUT2D eigenvalue weighted by Crippen LogP contribution is 2.13. The Hall–Kier alpha value is -1.06. The molecule has 0 unspecified atom stereocenters. The lowest BCUT2D eigenvalue weighted by atomic mass is 10.1. The molecule has 160 valence electrons. The molecule has 1 aliphatic heterocycles. The molecule has 1 aliphatic rings. The number of ether oxygens (including phenoxy) is 3. The van der Waals surface area contributed by atoms with Crippen molar-refractivity contribution in [2.24, 2.45) is 4.99 Å². The van der Waals surface area contributed by atoms with Gasteiger partial charge in [0.1, 0.15) is 5.75 Å². The number of benzene rings is 1. The van der Waals surface area contributed by atoms with Gasteiger partial charge in [-0.3, -0.25) is 4.99 Å². The normalized spacial score (nSPS) is 15.0. The van der Waals surface area contributed by atoms with Crippen LogP contribution in [0, 0.1) is 0 Å². The molecule has 0 saturated carbocycles. The van der Waals surface area contributed by atoms with Crippen LogP contribution in [0.3, 0.4) is 0 Å². The van der Waals surface area contributed by atoms with Crippen molar-refractivity contribution in [3.8, 4) is 5.75 Å². The molecule has 1 fully saturated rings. The van der Waals surface area contributed by atoms with Gasteiger partial charge in [0.05, 0.1) is 13.2 Å². The fourth-order valence-corrected chi connectivity index (χ4v) is 3.05. The zero-order valence-electron chi connectivity index (χ0n) is 17.2. The zero-order chi connectivity index (χ0) is 19.2. The summed E-state index contributed by atoms with van der Waals surface area (Å²) in [5, 5.41) is 6.72. The van der Waals surface area contributed by atoms with Gasteiger partial charge in [0.15, 0.2) is 5.96 Å². The molecule has 0 aliphatic carbocycles. The van der Waals surface area contributed by atoms with Crippen molar-refractivity contribution >= 4 is 29.9 Å². The molecule has 0 bridgehead atoms. The van der Waals surface area contributed by atoms with Gasteiger partial charge in [0.25, 0.3) is 0 Å². The highest BCUT2D eigenvalue weighted by molar-refractivity contribution is 14.0. The van der Waals surface area contributed by atoms with E-state index < -0.39 is 0 Å². The van der Waals surface area contributed by atoms with Crippen LogP contribution >= 0.6 is 24.0 Å². The molecule has 2 rings (SSSR count). The minimum atomic E-state index is 0. The van der Waals surface area contributed by atoms with E-state index in [4.69, 9.17) is 14.2 Å². The van der Waals surface area contributed by atoms with E-state index in [1.54, 1.807) is 7.11 Å². The van der Waals surface area contributed by atoms with Gasteiger partial charge < -0.3 is 24.8 Å². The monoisotopic (exact) mass is 505 g/mol. The first-order valence-electron chi connectivity index (χ1n) is 10.1. The van der Waals surface area contributed by atoms with Crippen LogP contribution in [0.4, 0.5) is 0 Å². The summed E-state index contributed by atoms with van der Waals surface area (Å²) < 4.78 is 16.4. The Morgan fingerprint density at radius 2 is 1.75 bits per heavy atom.